The number of hydrogen-bond acceptors (Lipinski definition) is 5. The normalized spacial score (nSPS) is 11.9. The summed E-state index contributed by atoms with van der Waals surface area (Å²) in [7, 11) is -2.68. The Balaban J connectivity index is 2.02. The van der Waals surface area contributed by atoms with E-state index in [4.69, 9.17) is 16.3 Å². The highest BCUT2D eigenvalue weighted by molar-refractivity contribution is 7.92. The van der Waals surface area contributed by atoms with Gasteiger partial charge in [0.25, 0.3) is 10.0 Å². The Morgan fingerprint density at radius 2 is 1.58 bits per heavy atom. The maximum absolute atomic E-state index is 13.8. The molecule has 0 saturated heterocycles. The van der Waals surface area contributed by atoms with E-state index in [0.717, 1.165) is 15.4 Å². The van der Waals surface area contributed by atoms with Gasteiger partial charge in [-0.15, -0.1) is 0 Å². The van der Waals surface area contributed by atoms with Crippen LogP contribution in [0.2, 0.25) is 5.02 Å². The molecule has 0 spiro atoms. The number of amides is 2. The summed E-state index contributed by atoms with van der Waals surface area (Å²) in [6.07, 6.45) is 0. The van der Waals surface area contributed by atoms with Crippen molar-refractivity contribution in [2.24, 2.45) is 0 Å². The minimum absolute atomic E-state index is 0.0204. The van der Waals surface area contributed by atoms with Crippen LogP contribution in [0.5, 0.6) is 5.75 Å². The fraction of sp³-hybridized carbons (Fsp3) is 0.286. The van der Waals surface area contributed by atoms with Gasteiger partial charge in [-0.05, 0) is 74.9 Å². The summed E-state index contributed by atoms with van der Waals surface area (Å²) in [5.74, 6) is -0.326. The first-order valence-electron chi connectivity index (χ1n) is 12.1. The second kappa shape index (κ2) is 12.8. The first-order valence-corrected chi connectivity index (χ1v) is 14.0. The van der Waals surface area contributed by atoms with Crippen molar-refractivity contribution in [3.05, 3.63) is 88.9 Å². The number of carbonyl (C=O) groups is 2. The lowest BCUT2D eigenvalue weighted by Crippen LogP contribution is -2.50. The summed E-state index contributed by atoms with van der Waals surface area (Å²) in [5.41, 5.74) is 2.15. The third-order valence-electron chi connectivity index (χ3n) is 6.00. The maximum atomic E-state index is 13.8. The molecule has 2 amide bonds. The third-order valence-corrected chi connectivity index (χ3v) is 8.04. The number of hydrogen-bond donors (Lipinski definition) is 1. The number of nitrogens with zero attached hydrogens (tertiary/aromatic N) is 2. The maximum Gasteiger partial charge on any atom is 0.264 e. The van der Waals surface area contributed by atoms with Crippen LogP contribution in [-0.4, -0.2) is 51.4 Å². The van der Waals surface area contributed by atoms with Gasteiger partial charge in [0, 0.05) is 18.6 Å². The number of aryl methyl sites for hydroxylation is 1. The Bertz CT molecular complexity index is 1340. The van der Waals surface area contributed by atoms with Crippen LogP contribution in [0.3, 0.4) is 0 Å². The SMILES string of the molecule is CCOc1ccc(N(CC(=O)N(Cc2ccc(C)cc2)[C@@H](C)C(=O)NC)S(=O)(=O)c2ccc(Cl)cc2)cc1. The summed E-state index contributed by atoms with van der Waals surface area (Å²) in [6.45, 7) is 5.48. The zero-order valence-electron chi connectivity index (χ0n) is 21.8. The molecule has 38 heavy (non-hydrogen) atoms. The van der Waals surface area contributed by atoms with Gasteiger partial charge in [-0.25, -0.2) is 8.42 Å². The van der Waals surface area contributed by atoms with Crippen molar-refractivity contribution >= 4 is 39.1 Å². The molecule has 1 N–H and O–H groups in total. The van der Waals surface area contributed by atoms with Gasteiger partial charge in [0.2, 0.25) is 11.8 Å². The number of ether oxygens (including phenoxy) is 1. The number of halogens is 1. The quantitative estimate of drug-likeness (QED) is 0.377. The zero-order chi connectivity index (χ0) is 27.9. The molecule has 0 unspecified atom stereocenters. The molecule has 202 valence electrons. The van der Waals surface area contributed by atoms with E-state index in [0.29, 0.717) is 17.4 Å². The molecule has 1 atom stereocenters. The highest BCUT2D eigenvalue weighted by Gasteiger charge is 2.32. The van der Waals surface area contributed by atoms with Crippen molar-refractivity contribution in [1.82, 2.24) is 10.2 Å². The number of sulfonamides is 1. The van der Waals surface area contributed by atoms with Gasteiger partial charge in [-0.1, -0.05) is 41.4 Å². The van der Waals surface area contributed by atoms with E-state index in [2.05, 4.69) is 5.32 Å². The van der Waals surface area contributed by atoms with E-state index in [1.807, 2.05) is 38.1 Å². The van der Waals surface area contributed by atoms with Gasteiger partial charge in [0.1, 0.15) is 18.3 Å². The lowest BCUT2D eigenvalue weighted by Gasteiger charge is -2.31. The molecule has 3 aromatic rings. The van der Waals surface area contributed by atoms with Gasteiger partial charge in [0.05, 0.1) is 17.2 Å². The molecule has 0 heterocycles. The van der Waals surface area contributed by atoms with E-state index in [1.165, 1.54) is 36.2 Å². The van der Waals surface area contributed by atoms with E-state index in [9.17, 15) is 18.0 Å². The molecule has 0 aromatic heterocycles. The van der Waals surface area contributed by atoms with E-state index < -0.39 is 28.5 Å². The highest BCUT2D eigenvalue weighted by Crippen LogP contribution is 2.27. The fourth-order valence-corrected chi connectivity index (χ4v) is 5.36. The largest absolute Gasteiger partial charge is 0.494 e. The van der Waals surface area contributed by atoms with Gasteiger partial charge >= 0.3 is 0 Å². The summed E-state index contributed by atoms with van der Waals surface area (Å²) in [5, 5.41) is 2.95. The minimum Gasteiger partial charge on any atom is -0.494 e. The molecule has 0 aliphatic rings. The van der Waals surface area contributed by atoms with Crippen molar-refractivity contribution in [2.45, 2.75) is 38.3 Å². The number of anilines is 1. The average molecular weight is 558 g/mol. The van der Waals surface area contributed by atoms with Crippen LogP contribution in [0, 0.1) is 6.92 Å². The van der Waals surface area contributed by atoms with Crippen LogP contribution in [0.1, 0.15) is 25.0 Å². The van der Waals surface area contributed by atoms with Crippen molar-refractivity contribution in [3.63, 3.8) is 0 Å². The predicted octanol–water partition coefficient (Wildman–Crippen LogP) is 4.41. The molecule has 10 heteroatoms. The molecule has 3 aromatic carbocycles. The Morgan fingerprint density at radius 1 is 0.974 bits per heavy atom. The van der Waals surface area contributed by atoms with Crippen LogP contribution < -0.4 is 14.4 Å². The summed E-state index contributed by atoms with van der Waals surface area (Å²) in [6, 6.07) is 18.9. The molecule has 0 aliphatic heterocycles. The lowest BCUT2D eigenvalue weighted by atomic mass is 10.1. The van der Waals surface area contributed by atoms with Crippen molar-refractivity contribution in [2.75, 3.05) is 24.5 Å². The van der Waals surface area contributed by atoms with E-state index >= 15 is 0 Å². The Morgan fingerprint density at radius 3 is 2.13 bits per heavy atom. The van der Waals surface area contributed by atoms with Crippen molar-refractivity contribution < 1.29 is 22.7 Å². The predicted molar refractivity (Wildman–Crippen MR) is 149 cm³/mol. The van der Waals surface area contributed by atoms with Crippen LogP contribution in [0.15, 0.2) is 77.7 Å². The number of benzene rings is 3. The highest BCUT2D eigenvalue weighted by atomic mass is 35.5. The number of nitrogens with one attached hydrogen (secondary N) is 1. The molecule has 0 aliphatic carbocycles. The number of rotatable bonds is 11. The van der Waals surface area contributed by atoms with Gasteiger partial charge in [0.15, 0.2) is 0 Å². The second-order valence-electron chi connectivity index (χ2n) is 8.69. The van der Waals surface area contributed by atoms with Crippen LogP contribution >= 0.6 is 11.6 Å². The van der Waals surface area contributed by atoms with Gasteiger partial charge < -0.3 is 15.0 Å². The van der Waals surface area contributed by atoms with Crippen molar-refractivity contribution in [1.29, 1.82) is 0 Å². The molecule has 3 rings (SSSR count). The first-order chi connectivity index (χ1) is 18.1. The zero-order valence-corrected chi connectivity index (χ0v) is 23.4. The van der Waals surface area contributed by atoms with Crippen LogP contribution in [0.25, 0.3) is 0 Å². The van der Waals surface area contributed by atoms with Crippen molar-refractivity contribution in [3.8, 4) is 5.75 Å². The van der Waals surface area contributed by atoms with E-state index in [1.54, 1.807) is 31.2 Å². The standard InChI is InChI=1S/C28H32ClN3O5S/c1-5-37-25-14-12-24(13-15-25)32(38(35,36)26-16-10-23(29)11-17-26)19-27(33)31(21(3)28(34)30-4)18-22-8-6-20(2)7-9-22/h6-17,21H,5,18-19H2,1-4H3,(H,30,34)/t21-/m0/s1. The molecule has 0 bridgehead atoms. The molecule has 0 saturated carbocycles. The average Bonchev–Trinajstić information content (AvgIpc) is 2.91. The Kier molecular flexibility index (Phi) is 9.77. The van der Waals surface area contributed by atoms with E-state index in [-0.39, 0.29) is 23.0 Å². The van der Waals surface area contributed by atoms with Gasteiger partial charge in [-0.2, -0.15) is 0 Å². The summed E-state index contributed by atoms with van der Waals surface area (Å²) < 4.78 is 34.1. The Hall–Kier alpha value is -3.56. The molecular weight excluding hydrogens is 526 g/mol. The number of likely N-dealkylation sites (N-methyl/N-ethyl adjacent to an activating group) is 1. The van der Waals surface area contributed by atoms with Gasteiger partial charge in [-0.3, -0.25) is 13.9 Å². The topological polar surface area (TPSA) is 96.0 Å². The monoisotopic (exact) mass is 557 g/mol. The summed E-state index contributed by atoms with van der Waals surface area (Å²) >= 11 is 5.98. The first kappa shape index (κ1) is 29.0. The number of carbonyl (C=O) groups excluding carboxylic acids is 2. The summed E-state index contributed by atoms with van der Waals surface area (Å²) in [4.78, 5) is 27.7. The molecule has 0 fully saturated rings. The second-order valence-corrected chi connectivity index (χ2v) is 11.0. The molecule has 0 radical (unpaired) electrons. The minimum atomic E-state index is -4.17. The smallest absolute Gasteiger partial charge is 0.264 e. The van der Waals surface area contributed by atoms with Crippen LogP contribution in [0.4, 0.5) is 5.69 Å². The Labute approximate surface area is 229 Å². The van der Waals surface area contributed by atoms with Crippen LogP contribution in [-0.2, 0) is 26.2 Å². The lowest BCUT2D eigenvalue weighted by molar-refractivity contribution is -0.139. The molecule has 8 nitrogen and oxygen atoms in total. The third kappa shape index (κ3) is 7.05. The fourth-order valence-electron chi connectivity index (χ4n) is 3.82. The molecular formula is C28H32ClN3O5S.